The van der Waals surface area contributed by atoms with E-state index in [1.165, 1.54) is 6.08 Å². The maximum atomic E-state index is 10.4. The fourth-order valence-corrected chi connectivity index (χ4v) is 0.313. The number of esters is 1. The average molecular weight is 147 g/mol. The summed E-state index contributed by atoms with van der Waals surface area (Å²) in [4.78, 5) is 10.4. The molecule has 0 aromatic rings. The van der Waals surface area contributed by atoms with Gasteiger partial charge in [0.1, 0.15) is 13.2 Å². The lowest BCUT2D eigenvalue weighted by molar-refractivity contribution is -0.304. The molecule has 0 spiro atoms. The molecule has 0 aliphatic rings. The van der Waals surface area contributed by atoms with E-state index in [1.807, 2.05) is 0 Å². The maximum absolute atomic E-state index is 10.4. The molecule has 0 aliphatic carbocycles. The van der Waals surface area contributed by atoms with Gasteiger partial charge in [0, 0.05) is 0 Å². The number of hydrogen-bond acceptors (Lipinski definition) is 5. The van der Waals surface area contributed by atoms with E-state index in [4.69, 9.17) is 10.4 Å². The van der Waals surface area contributed by atoms with Crippen molar-refractivity contribution in [1.82, 2.24) is 5.23 Å². The molecule has 10 heavy (non-hydrogen) atoms. The van der Waals surface area contributed by atoms with Crippen LogP contribution in [-0.2, 0) is 9.53 Å². The van der Waals surface area contributed by atoms with Crippen molar-refractivity contribution < 1.29 is 19.9 Å². The van der Waals surface area contributed by atoms with Gasteiger partial charge in [-0.15, -0.1) is 0 Å². The predicted molar refractivity (Wildman–Crippen MR) is 31.4 cm³/mol. The van der Waals surface area contributed by atoms with E-state index in [1.54, 1.807) is 0 Å². The number of nitrogens with zero attached hydrogens (tertiary/aromatic N) is 1. The van der Waals surface area contributed by atoms with Gasteiger partial charge in [-0.3, -0.25) is 15.2 Å². The molecule has 5 heteroatoms. The molecule has 0 aromatic heterocycles. The molecule has 0 aliphatic heterocycles. The Hall–Kier alpha value is -0.910. The van der Waals surface area contributed by atoms with E-state index < -0.39 is 12.5 Å². The lowest BCUT2D eigenvalue weighted by Gasteiger charge is -2.04. The van der Waals surface area contributed by atoms with Crippen LogP contribution in [0.1, 0.15) is 0 Å². The standard InChI is InChI=1S/C5H9NO4/c1-2-3-10-5(7)4-6(8)9/h2,8-9H,1,3-4H2. The van der Waals surface area contributed by atoms with Crippen molar-refractivity contribution in [2.75, 3.05) is 13.2 Å². The van der Waals surface area contributed by atoms with Gasteiger partial charge in [0.05, 0.1) is 0 Å². The minimum atomic E-state index is -0.718. The third-order valence-electron chi connectivity index (χ3n) is 0.633. The highest BCUT2D eigenvalue weighted by molar-refractivity contribution is 5.71. The smallest absolute Gasteiger partial charge is 0.325 e. The first-order valence-electron chi connectivity index (χ1n) is 2.58. The van der Waals surface area contributed by atoms with Gasteiger partial charge >= 0.3 is 5.97 Å². The average Bonchev–Trinajstić information content (AvgIpc) is 1.82. The van der Waals surface area contributed by atoms with Crippen molar-refractivity contribution in [3.63, 3.8) is 0 Å². The second-order valence-corrected chi connectivity index (χ2v) is 1.50. The van der Waals surface area contributed by atoms with E-state index in [0.717, 1.165) is 0 Å². The van der Waals surface area contributed by atoms with Gasteiger partial charge in [-0.1, -0.05) is 17.9 Å². The Bertz CT molecular complexity index is 123. The zero-order valence-electron chi connectivity index (χ0n) is 5.36. The van der Waals surface area contributed by atoms with Crippen LogP contribution in [0.3, 0.4) is 0 Å². The molecular formula is C5H9NO4. The van der Waals surface area contributed by atoms with Crippen LogP contribution in [0.25, 0.3) is 0 Å². The van der Waals surface area contributed by atoms with Gasteiger partial charge in [-0.2, -0.15) is 0 Å². The molecule has 0 fully saturated rings. The van der Waals surface area contributed by atoms with E-state index >= 15 is 0 Å². The molecule has 58 valence electrons. The Morgan fingerprint density at radius 2 is 2.30 bits per heavy atom. The quantitative estimate of drug-likeness (QED) is 0.327. The van der Waals surface area contributed by atoms with Crippen molar-refractivity contribution in [2.45, 2.75) is 0 Å². The molecule has 0 saturated carbocycles. The van der Waals surface area contributed by atoms with Gasteiger partial charge < -0.3 is 4.74 Å². The summed E-state index contributed by atoms with van der Waals surface area (Å²) >= 11 is 0. The first-order valence-corrected chi connectivity index (χ1v) is 2.58. The molecule has 0 radical (unpaired) electrons. The van der Waals surface area contributed by atoms with Crippen molar-refractivity contribution in [3.05, 3.63) is 12.7 Å². The SMILES string of the molecule is C=CCOC(=O)CN(O)O. The van der Waals surface area contributed by atoms with Crippen LogP contribution in [-0.4, -0.2) is 34.8 Å². The Kier molecular flexibility index (Phi) is 4.47. The van der Waals surface area contributed by atoms with Crippen molar-refractivity contribution in [1.29, 1.82) is 0 Å². The Morgan fingerprint density at radius 1 is 1.70 bits per heavy atom. The summed E-state index contributed by atoms with van der Waals surface area (Å²) in [5.41, 5.74) is 0. The minimum Gasteiger partial charge on any atom is -0.460 e. The fraction of sp³-hybridized carbons (Fsp3) is 0.400. The monoisotopic (exact) mass is 147 g/mol. The lowest BCUT2D eigenvalue weighted by atomic mass is 10.6. The van der Waals surface area contributed by atoms with Crippen LogP contribution in [0.5, 0.6) is 0 Å². The highest BCUT2D eigenvalue weighted by Gasteiger charge is 2.04. The number of hydroxylamine groups is 2. The van der Waals surface area contributed by atoms with E-state index in [9.17, 15) is 4.79 Å². The summed E-state index contributed by atoms with van der Waals surface area (Å²) < 4.78 is 4.38. The topological polar surface area (TPSA) is 70.0 Å². The first-order chi connectivity index (χ1) is 4.66. The van der Waals surface area contributed by atoms with Gasteiger partial charge in [0.2, 0.25) is 0 Å². The van der Waals surface area contributed by atoms with Crippen LogP contribution < -0.4 is 0 Å². The zero-order valence-corrected chi connectivity index (χ0v) is 5.36. The number of ether oxygens (including phenoxy) is 1. The first kappa shape index (κ1) is 9.09. The second kappa shape index (κ2) is 4.92. The van der Waals surface area contributed by atoms with Crippen molar-refractivity contribution in [2.24, 2.45) is 0 Å². The number of rotatable bonds is 4. The number of hydrogen-bond donors (Lipinski definition) is 2. The molecule has 0 rings (SSSR count). The Labute approximate surface area is 58.0 Å². The number of carbonyl (C=O) groups is 1. The predicted octanol–water partition coefficient (Wildman–Crippen LogP) is -0.204. The summed E-state index contributed by atoms with van der Waals surface area (Å²) in [6, 6.07) is 0. The molecule has 0 amide bonds. The zero-order chi connectivity index (χ0) is 7.98. The van der Waals surface area contributed by atoms with Crippen LogP contribution in [0, 0.1) is 0 Å². The minimum absolute atomic E-state index is 0.0761. The Morgan fingerprint density at radius 3 is 2.70 bits per heavy atom. The molecule has 0 heterocycles. The van der Waals surface area contributed by atoms with Gasteiger partial charge in [-0.05, 0) is 0 Å². The molecule has 0 aromatic carbocycles. The molecule has 0 saturated heterocycles. The Balaban J connectivity index is 3.34. The second-order valence-electron chi connectivity index (χ2n) is 1.50. The van der Waals surface area contributed by atoms with Crippen LogP contribution >= 0.6 is 0 Å². The summed E-state index contributed by atoms with van der Waals surface area (Å²) in [5, 5.41) is 15.9. The third-order valence-corrected chi connectivity index (χ3v) is 0.633. The summed E-state index contributed by atoms with van der Waals surface area (Å²) in [7, 11) is 0. The lowest BCUT2D eigenvalue weighted by Crippen LogP contribution is -2.24. The normalized spacial score (nSPS) is 9.50. The summed E-state index contributed by atoms with van der Waals surface area (Å²) in [6.07, 6.45) is 1.39. The van der Waals surface area contributed by atoms with E-state index in [0.29, 0.717) is 0 Å². The van der Waals surface area contributed by atoms with Crippen LogP contribution in [0.2, 0.25) is 0 Å². The maximum Gasteiger partial charge on any atom is 0.325 e. The third kappa shape index (κ3) is 5.23. The molecular weight excluding hydrogens is 138 g/mol. The van der Waals surface area contributed by atoms with Crippen LogP contribution in [0.15, 0.2) is 12.7 Å². The molecule has 0 atom stereocenters. The highest BCUT2D eigenvalue weighted by Crippen LogP contribution is 1.80. The number of carbonyl (C=O) groups excluding carboxylic acids is 1. The molecule has 5 nitrogen and oxygen atoms in total. The van der Waals surface area contributed by atoms with Gasteiger partial charge in [0.25, 0.3) is 0 Å². The highest BCUT2D eigenvalue weighted by atomic mass is 16.8. The van der Waals surface area contributed by atoms with E-state index in [-0.39, 0.29) is 11.8 Å². The van der Waals surface area contributed by atoms with Crippen LogP contribution in [0.4, 0.5) is 0 Å². The van der Waals surface area contributed by atoms with Crippen molar-refractivity contribution in [3.8, 4) is 0 Å². The molecule has 2 N–H and O–H groups in total. The molecule has 0 unspecified atom stereocenters. The fourth-order valence-electron chi connectivity index (χ4n) is 0.313. The summed E-state index contributed by atoms with van der Waals surface area (Å²) in [6.45, 7) is 2.81. The van der Waals surface area contributed by atoms with Gasteiger partial charge in [-0.25, -0.2) is 0 Å². The van der Waals surface area contributed by atoms with Gasteiger partial charge in [0.15, 0.2) is 0 Å². The van der Waals surface area contributed by atoms with Crippen molar-refractivity contribution >= 4 is 5.97 Å². The molecule has 0 bridgehead atoms. The summed E-state index contributed by atoms with van der Waals surface area (Å²) in [5.74, 6) is -0.718. The van der Waals surface area contributed by atoms with E-state index in [2.05, 4.69) is 11.3 Å². The largest absolute Gasteiger partial charge is 0.460 e.